The Morgan fingerprint density at radius 1 is 0.944 bits per heavy atom. The molecule has 3 fully saturated rings. The molecule has 2 amide bonds. The van der Waals surface area contributed by atoms with Gasteiger partial charge in [0.05, 0.1) is 17.6 Å². The van der Waals surface area contributed by atoms with Gasteiger partial charge < -0.3 is 29.2 Å². The number of aromatic nitrogens is 2. The Kier molecular flexibility index (Phi) is 10.4. The van der Waals surface area contributed by atoms with Crippen molar-refractivity contribution in [3.63, 3.8) is 0 Å². The molecule has 4 aliphatic rings. The number of alkyl carbamates (subject to hydrolysis) is 1. The van der Waals surface area contributed by atoms with Crippen LogP contribution in [0, 0.1) is 29.1 Å². The van der Waals surface area contributed by atoms with E-state index >= 15 is 0 Å². The molecule has 7 rings (SSSR count). The van der Waals surface area contributed by atoms with E-state index in [2.05, 4.69) is 11.4 Å². The maximum atomic E-state index is 14.7. The lowest BCUT2D eigenvalue weighted by Crippen LogP contribution is -2.58. The quantitative estimate of drug-likeness (QED) is 0.271. The van der Waals surface area contributed by atoms with Crippen molar-refractivity contribution in [1.82, 2.24) is 20.2 Å². The Morgan fingerprint density at radius 2 is 1.72 bits per heavy atom. The number of benzene rings is 2. The molecule has 2 aliphatic heterocycles. The molecule has 2 saturated carbocycles. The molecule has 0 unspecified atom stereocenters. The van der Waals surface area contributed by atoms with Crippen LogP contribution in [0.5, 0.6) is 11.6 Å². The van der Waals surface area contributed by atoms with Gasteiger partial charge in [0.2, 0.25) is 11.8 Å². The topological polar surface area (TPSA) is 129 Å². The van der Waals surface area contributed by atoms with Crippen molar-refractivity contribution >= 4 is 35.1 Å². The van der Waals surface area contributed by atoms with Crippen LogP contribution in [0.1, 0.15) is 91.8 Å². The molecule has 3 heterocycles. The number of fused-ring (bicyclic) bond motifs is 7. The van der Waals surface area contributed by atoms with E-state index in [0.717, 1.165) is 31.2 Å². The monoisotopic (exact) mass is 738 g/mol. The highest BCUT2D eigenvalue weighted by molar-refractivity contribution is 5.91. The zero-order chi connectivity index (χ0) is 38.4. The molecule has 54 heavy (non-hydrogen) atoms. The van der Waals surface area contributed by atoms with E-state index in [9.17, 15) is 14.4 Å². The highest BCUT2D eigenvalue weighted by Crippen LogP contribution is 2.57. The third-order valence-corrected chi connectivity index (χ3v) is 11.2. The lowest BCUT2D eigenvalue weighted by atomic mass is 9.85. The number of carbonyl (C=O) groups excluding carboxylic acids is 3. The van der Waals surface area contributed by atoms with Gasteiger partial charge in [0.15, 0.2) is 0 Å². The minimum Gasteiger partial charge on any atom is -0.489 e. The third-order valence-electron chi connectivity index (χ3n) is 11.2. The minimum absolute atomic E-state index is 0.0738. The minimum atomic E-state index is -0.970. The summed E-state index contributed by atoms with van der Waals surface area (Å²) in [6, 6.07) is 13.7. The fourth-order valence-electron chi connectivity index (χ4n) is 8.36. The Labute approximate surface area is 318 Å². The summed E-state index contributed by atoms with van der Waals surface area (Å²) in [5, 5.41) is 2.93. The molecule has 1 N–H and O–H groups in total. The number of esters is 1. The second-order valence-electron chi connectivity index (χ2n) is 17.6. The first-order valence-corrected chi connectivity index (χ1v) is 19.5. The number of carbonyl (C=O) groups is 3. The van der Waals surface area contributed by atoms with Gasteiger partial charge in [-0.15, -0.1) is 0 Å². The molecule has 1 aromatic heterocycles. The third kappa shape index (κ3) is 8.35. The molecular formula is C43H54N4O7. The number of allylic oxidation sites excluding steroid dienone is 1. The second-order valence-corrected chi connectivity index (χ2v) is 17.6. The van der Waals surface area contributed by atoms with Crippen molar-refractivity contribution in [2.75, 3.05) is 6.54 Å². The number of amides is 2. The molecule has 2 aliphatic carbocycles. The van der Waals surface area contributed by atoms with Crippen molar-refractivity contribution < 1.29 is 33.3 Å². The van der Waals surface area contributed by atoms with Gasteiger partial charge >= 0.3 is 12.1 Å². The average Bonchev–Trinajstić information content (AvgIpc) is 3.67. The summed E-state index contributed by atoms with van der Waals surface area (Å²) in [6.07, 6.45) is 7.33. The first-order chi connectivity index (χ1) is 25.6. The van der Waals surface area contributed by atoms with Gasteiger partial charge in [0, 0.05) is 12.0 Å². The molecule has 0 radical (unpaired) electrons. The van der Waals surface area contributed by atoms with Gasteiger partial charge in [-0.2, -0.15) is 0 Å². The van der Waals surface area contributed by atoms with E-state index < -0.39 is 53.1 Å². The Hall–Kier alpha value is -4.67. The molecule has 11 nitrogen and oxygen atoms in total. The zero-order valence-electron chi connectivity index (χ0n) is 32.5. The summed E-state index contributed by atoms with van der Waals surface area (Å²) in [6.45, 7) is 13.4. The van der Waals surface area contributed by atoms with Gasteiger partial charge in [-0.1, -0.05) is 64.1 Å². The summed E-state index contributed by atoms with van der Waals surface area (Å²) in [5.74, 6) is 0.980. The van der Waals surface area contributed by atoms with Crippen molar-refractivity contribution in [3.8, 4) is 11.6 Å². The highest BCUT2D eigenvalue weighted by Gasteiger charge is 2.55. The normalized spacial score (nSPS) is 29.4. The summed E-state index contributed by atoms with van der Waals surface area (Å²) in [4.78, 5) is 53.6. The fourth-order valence-corrected chi connectivity index (χ4v) is 8.36. The maximum absolute atomic E-state index is 14.7. The van der Waals surface area contributed by atoms with Crippen LogP contribution in [-0.2, 0) is 25.7 Å². The van der Waals surface area contributed by atoms with Crippen LogP contribution in [0.15, 0.2) is 54.6 Å². The van der Waals surface area contributed by atoms with E-state index in [1.807, 2.05) is 82.3 Å². The van der Waals surface area contributed by atoms with Crippen LogP contribution in [0.2, 0.25) is 0 Å². The van der Waals surface area contributed by atoms with Crippen LogP contribution in [0.3, 0.4) is 0 Å². The Balaban J connectivity index is 1.25. The predicted octanol–water partition coefficient (Wildman–Crippen LogP) is 7.51. The van der Waals surface area contributed by atoms with E-state index in [0.29, 0.717) is 46.8 Å². The highest BCUT2D eigenvalue weighted by atomic mass is 16.6. The smallest absolute Gasteiger partial charge is 0.408 e. The summed E-state index contributed by atoms with van der Waals surface area (Å²) >= 11 is 0. The van der Waals surface area contributed by atoms with Crippen LogP contribution in [0.25, 0.3) is 17.1 Å². The number of rotatable bonds is 4. The fraction of sp³-hybridized carbons (Fsp3) is 0.558. The number of ether oxygens (including phenoxy) is 4. The van der Waals surface area contributed by atoms with Crippen molar-refractivity contribution in [3.05, 3.63) is 65.9 Å². The Bertz CT molecular complexity index is 1900. The molecule has 2 aromatic carbocycles. The number of hydrogen-bond acceptors (Lipinski definition) is 9. The number of nitrogens with zero attached hydrogens (tertiary/aromatic N) is 3. The molecule has 11 heteroatoms. The largest absolute Gasteiger partial charge is 0.489 e. The van der Waals surface area contributed by atoms with Crippen LogP contribution >= 0.6 is 0 Å². The van der Waals surface area contributed by atoms with Crippen LogP contribution in [-0.4, -0.2) is 69.3 Å². The molecule has 0 spiro atoms. The number of hydrogen-bond donors (Lipinski definition) is 1. The van der Waals surface area contributed by atoms with Gasteiger partial charge in [-0.3, -0.25) is 4.79 Å². The van der Waals surface area contributed by atoms with Gasteiger partial charge in [-0.05, 0) is 99.8 Å². The van der Waals surface area contributed by atoms with E-state index in [1.54, 1.807) is 20.8 Å². The van der Waals surface area contributed by atoms with E-state index in [4.69, 9.17) is 28.9 Å². The summed E-state index contributed by atoms with van der Waals surface area (Å²) < 4.78 is 24.8. The average molecular weight is 739 g/mol. The van der Waals surface area contributed by atoms with Crippen molar-refractivity contribution in [2.24, 2.45) is 29.1 Å². The van der Waals surface area contributed by atoms with E-state index in [1.165, 1.54) is 11.3 Å². The van der Waals surface area contributed by atoms with Gasteiger partial charge in [-0.25, -0.2) is 19.6 Å². The zero-order valence-corrected chi connectivity index (χ0v) is 32.5. The lowest BCUT2D eigenvalue weighted by molar-refractivity contribution is -0.165. The maximum Gasteiger partial charge on any atom is 0.408 e. The lowest BCUT2D eigenvalue weighted by Gasteiger charge is -2.36. The standard InChI is InChI=1S/C43H54N4O7/c1-25-35-23-47(36(25)40(49)54-43(5,6)7)39(48)37(42(2,3)4)46-41(50)53-34-21-27-20-30(27)29(34)16-12-9-13-17-32-38(52-35)45-33-22-28(18-19-31(33)44-32)51-24-26-14-10-8-11-15-26/h8,10-11,13-15,17-19,22,25,27,29-30,34-37H,9,12,16,20-21,23-24H2,1-7H3,(H,46,50)/b17-13+/t25-,27+,29-,30+,34-,35+,36+,37-/m1/s1. The molecule has 288 valence electrons. The van der Waals surface area contributed by atoms with Gasteiger partial charge in [0.25, 0.3) is 0 Å². The number of nitrogens with one attached hydrogen (secondary N) is 1. The first kappa shape index (κ1) is 37.6. The second kappa shape index (κ2) is 14.9. The van der Waals surface area contributed by atoms with Crippen LogP contribution in [0.4, 0.5) is 4.79 Å². The molecule has 3 aromatic rings. The van der Waals surface area contributed by atoms with Crippen molar-refractivity contribution in [1.29, 1.82) is 0 Å². The van der Waals surface area contributed by atoms with E-state index in [-0.39, 0.29) is 18.6 Å². The first-order valence-electron chi connectivity index (χ1n) is 19.5. The molecule has 8 atom stereocenters. The van der Waals surface area contributed by atoms with Gasteiger partial charge in [0.1, 0.15) is 47.9 Å². The van der Waals surface area contributed by atoms with Crippen LogP contribution < -0.4 is 14.8 Å². The predicted molar refractivity (Wildman–Crippen MR) is 204 cm³/mol. The summed E-state index contributed by atoms with van der Waals surface area (Å²) in [5.41, 5.74) is 1.41. The molecule has 1 saturated heterocycles. The van der Waals surface area contributed by atoms with Crippen molar-refractivity contribution in [2.45, 2.75) is 117 Å². The summed E-state index contributed by atoms with van der Waals surface area (Å²) in [7, 11) is 0. The molecular weight excluding hydrogens is 684 g/mol. The Morgan fingerprint density at radius 3 is 2.46 bits per heavy atom. The molecule has 2 bridgehead atoms. The SMILES string of the molecule is C[C@@H]1[C@@H]2CN(C(=O)[C@H](C(C)(C)C)NC(=O)O[C@@H]3C[C@@H]4C[C@@H]4[C@H]3CCC/C=C/c3nc4ccc(OCc5ccccc5)cc4nc3O2)[C@@H]1C(=O)OC(C)(C)C.